The molecule has 14 heavy (non-hydrogen) atoms. The number of pyridine rings is 1. The van der Waals surface area contributed by atoms with Crippen LogP contribution in [-0.4, -0.2) is 24.6 Å². The summed E-state index contributed by atoms with van der Waals surface area (Å²) in [7, 11) is 0. The van der Waals surface area contributed by atoms with E-state index in [0.717, 1.165) is 25.5 Å². The van der Waals surface area contributed by atoms with Gasteiger partial charge in [0.2, 0.25) is 0 Å². The number of hydrogen-bond acceptors (Lipinski definition) is 3. The lowest BCUT2D eigenvalue weighted by Gasteiger charge is -2.48. The van der Waals surface area contributed by atoms with Crippen LogP contribution in [0.2, 0.25) is 5.15 Å². The molecule has 2 N–H and O–H groups in total. The van der Waals surface area contributed by atoms with Gasteiger partial charge in [-0.3, -0.25) is 0 Å². The molecule has 0 atom stereocenters. The predicted molar refractivity (Wildman–Crippen MR) is 58.6 cm³/mol. The molecular weight excluding hydrogens is 198 g/mol. The Labute approximate surface area is 88.9 Å². The predicted octanol–water partition coefficient (Wildman–Crippen LogP) is 1.52. The summed E-state index contributed by atoms with van der Waals surface area (Å²) in [6.07, 6.45) is 0. The Morgan fingerprint density at radius 1 is 1.57 bits per heavy atom. The highest BCUT2D eigenvalue weighted by Crippen LogP contribution is 2.32. The molecule has 0 spiro atoms. The van der Waals surface area contributed by atoms with Gasteiger partial charge in [-0.15, -0.1) is 0 Å². The Hall–Kier alpha value is -0.800. The van der Waals surface area contributed by atoms with Gasteiger partial charge >= 0.3 is 0 Å². The first kappa shape index (κ1) is 9.74. The summed E-state index contributed by atoms with van der Waals surface area (Å²) >= 11 is 5.81. The Bertz CT molecular complexity index is 334. The van der Waals surface area contributed by atoms with Gasteiger partial charge < -0.3 is 10.6 Å². The molecule has 1 saturated heterocycles. The second-order valence-corrected chi connectivity index (χ2v) is 4.58. The highest BCUT2D eigenvalue weighted by molar-refractivity contribution is 6.29. The zero-order valence-corrected chi connectivity index (χ0v) is 8.96. The van der Waals surface area contributed by atoms with Crippen LogP contribution in [0, 0.1) is 5.41 Å². The van der Waals surface area contributed by atoms with Crippen LogP contribution in [0.15, 0.2) is 18.2 Å². The maximum Gasteiger partial charge on any atom is 0.131 e. The van der Waals surface area contributed by atoms with Crippen LogP contribution in [0.3, 0.4) is 0 Å². The van der Waals surface area contributed by atoms with E-state index in [1.807, 2.05) is 12.1 Å². The van der Waals surface area contributed by atoms with Crippen LogP contribution < -0.4 is 10.6 Å². The van der Waals surface area contributed by atoms with Gasteiger partial charge in [-0.05, 0) is 12.1 Å². The van der Waals surface area contributed by atoms with Crippen LogP contribution in [0.4, 0.5) is 5.82 Å². The average molecular weight is 212 g/mol. The molecule has 0 saturated carbocycles. The summed E-state index contributed by atoms with van der Waals surface area (Å²) < 4.78 is 0. The van der Waals surface area contributed by atoms with Crippen molar-refractivity contribution in [1.82, 2.24) is 4.98 Å². The lowest BCUT2D eigenvalue weighted by Crippen LogP contribution is -2.58. The second kappa shape index (κ2) is 3.41. The fourth-order valence-corrected chi connectivity index (χ4v) is 1.90. The van der Waals surface area contributed by atoms with Crippen molar-refractivity contribution in [2.24, 2.45) is 11.1 Å². The molecule has 0 radical (unpaired) electrons. The molecule has 76 valence electrons. The smallest absolute Gasteiger partial charge is 0.131 e. The van der Waals surface area contributed by atoms with Gasteiger partial charge in [-0.25, -0.2) is 4.98 Å². The van der Waals surface area contributed by atoms with E-state index >= 15 is 0 Å². The average Bonchev–Trinajstić information content (AvgIpc) is 2.13. The molecule has 0 amide bonds. The minimum atomic E-state index is 0.254. The van der Waals surface area contributed by atoms with E-state index in [-0.39, 0.29) is 5.41 Å². The van der Waals surface area contributed by atoms with E-state index in [9.17, 15) is 0 Å². The zero-order valence-electron chi connectivity index (χ0n) is 8.20. The summed E-state index contributed by atoms with van der Waals surface area (Å²) in [4.78, 5) is 6.44. The number of halogens is 1. The second-order valence-electron chi connectivity index (χ2n) is 4.19. The van der Waals surface area contributed by atoms with E-state index in [1.54, 1.807) is 6.07 Å². The van der Waals surface area contributed by atoms with Crippen molar-refractivity contribution in [2.75, 3.05) is 24.5 Å². The molecule has 2 heterocycles. The monoisotopic (exact) mass is 211 g/mol. The summed E-state index contributed by atoms with van der Waals surface area (Å²) in [5, 5.41) is 0.545. The number of aromatic nitrogens is 1. The Balaban J connectivity index is 2.06. The van der Waals surface area contributed by atoms with Crippen molar-refractivity contribution >= 4 is 17.4 Å². The standard InChI is InChI=1S/C10H14ClN3/c1-10(5-12)6-14(7-10)9-4-2-3-8(11)13-9/h2-4H,5-7,12H2,1H3. The van der Waals surface area contributed by atoms with Crippen molar-refractivity contribution in [3.8, 4) is 0 Å². The molecule has 0 aromatic carbocycles. The van der Waals surface area contributed by atoms with Gasteiger partial charge in [-0.1, -0.05) is 24.6 Å². The van der Waals surface area contributed by atoms with Gasteiger partial charge in [0.15, 0.2) is 0 Å². The van der Waals surface area contributed by atoms with Crippen molar-refractivity contribution < 1.29 is 0 Å². The van der Waals surface area contributed by atoms with Gasteiger partial charge in [0.05, 0.1) is 0 Å². The number of rotatable bonds is 2. The van der Waals surface area contributed by atoms with Crippen LogP contribution >= 0.6 is 11.6 Å². The molecule has 4 heteroatoms. The number of nitrogens with two attached hydrogens (primary N) is 1. The Morgan fingerprint density at radius 2 is 2.29 bits per heavy atom. The molecule has 1 aliphatic heterocycles. The molecule has 1 aliphatic rings. The Kier molecular flexibility index (Phi) is 2.37. The third-order valence-electron chi connectivity index (χ3n) is 2.66. The van der Waals surface area contributed by atoms with E-state index in [2.05, 4.69) is 16.8 Å². The van der Waals surface area contributed by atoms with E-state index in [4.69, 9.17) is 17.3 Å². The summed E-state index contributed by atoms with van der Waals surface area (Å²) in [6, 6.07) is 5.68. The maximum atomic E-state index is 5.81. The molecule has 1 aromatic rings. The summed E-state index contributed by atoms with van der Waals surface area (Å²) in [5.74, 6) is 0.948. The highest BCUT2D eigenvalue weighted by Gasteiger charge is 2.37. The topological polar surface area (TPSA) is 42.1 Å². The first-order valence-electron chi connectivity index (χ1n) is 4.71. The lowest BCUT2D eigenvalue weighted by atomic mass is 9.82. The quantitative estimate of drug-likeness (QED) is 0.755. The minimum Gasteiger partial charge on any atom is -0.355 e. The molecule has 0 bridgehead atoms. The fraction of sp³-hybridized carbons (Fsp3) is 0.500. The molecule has 0 aliphatic carbocycles. The molecule has 1 aromatic heterocycles. The van der Waals surface area contributed by atoms with Crippen LogP contribution in [0.5, 0.6) is 0 Å². The van der Waals surface area contributed by atoms with Crippen LogP contribution in [0.25, 0.3) is 0 Å². The van der Waals surface area contributed by atoms with Gasteiger partial charge in [0.1, 0.15) is 11.0 Å². The lowest BCUT2D eigenvalue weighted by molar-refractivity contribution is 0.253. The van der Waals surface area contributed by atoms with Crippen molar-refractivity contribution in [1.29, 1.82) is 0 Å². The van der Waals surface area contributed by atoms with E-state index in [0.29, 0.717) is 5.15 Å². The maximum absolute atomic E-state index is 5.81. The third-order valence-corrected chi connectivity index (χ3v) is 2.87. The van der Waals surface area contributed by atoms with E-state index < -0.39 is 0 Å². The highest BCUT2D eigenvalue weighted by atomic mass is 35.5. The molecular formula is C10H14ClN3. The SMILES string of the molecule is CC1(CN)CN(c2cccc(Cl)n2)C1. The molecule has 1 fully saturated rings. The number of nitrogens with zero attached hydrogens (tertiary/aromatic N) is 2. The first-order chi connectivity index (χ1) is 6.63. The third kappa shape index (κ3) is 1.70. The number of hydrogen-bond donors (Lipinski definition) is 1. The van der Waals surface area contributed by atoms with Gasteiger partial charge in [0, 0.05) is 25.0 Å². The summed E-state index contributed by atoms with van der Waals surface area (Å²) in [6.45, 7) is 4.85. The van der Waals surface area contributed by atoms with Gasteiger partial charge in [-0.2, -0.15) is 0 Å². The Morgan fingerprint density at radius 3 is 2.86 bits per heavy atom. The largest absolute Gasteiger partial charge is 0.355 e. The van der Waals surface area contributed by atoms with Gasteiger partial charge in [0.25, 0.3) is 0 Å². The normalized spacial score (nSPS) is 19.2. The first-order valence-corrected chi connectivity index (χ1v) is 5.08. The van der Waals surface area contributed by atoms with Crippen LogP contribution in [-0.2, 0) is 0 Å². The van der Waals surface area contributed by atoms with Crippen molar-refractivity contribution in [3.63, 3.8) is 0 Å². The molecule has 2 rings (SSSR count). The fourth-order valence-electron chi connectivity index (χ4n) is 1.74. The van der Waals surface area contributed by atoms with E-state index in [1.165, 1.54) is 0 Å². The molecule has 0 unspecified atom stereocenters. The van der Waals surface area contributed by atoms with Crippen molar-refractivity contribution in [2.45, 2.75) is 6.92 Å². The molecule has 3 nitrogen and oxygen atoms in total. The van der Waals surface area contributed by atoms with Crippen LogP contribution in [0.1, 0.15) is 6.92 Å². The van der Waals surface area contributed by atoms with Crippen molar-refractivity contribution in [3.05, 3.63) is 23.4 Å². The zero-order chi connectivity index (χ0) is 10.2. The summed E-state index contributed by atoms with van der Waals surface area (Å²) in [5.41, 5.74) is 5.92. The number of anilines is 1. The minimum absolute atomic E-state index is 0.254.